The molecule has 4 unspecified atom stereocenters. The summed E-state index contributed by atoms with van der Waals surface area (Å²) in [6, 6.07) is 12.5. The van der Waals surface area contributed by atoms with Crippen molar-refractivity contribution in [2.45, 2.75) is 64.7 Å². The van der Waals surface area contributed by atoms with Crippen molar-refractivity contribution in [1.82, 2.24) is 0 Å². The number of carbonyl (C=O) groups is 1. The molecular weight excluding hydrogens is 296 g/mol. The molecule has 0 radical (unpaired) electrons. The lowest BCUT2D eigenvalue weighted by Gasteiger charge is -2.45. The zero-order valence-corrected chi connectivity index (χ0v) is 15.2. The average Bonchev–Trinajstić information content (AvgIpc) is 2.88. The van der Waals surface area contributed by atoms with E-state index in [9.17, 15) is 4.79 Å². The first-order valence-corrected chi connectivity index (χ1v) is 9.13. The molecule has 3 rings (SSSR count). The Morgan fingerprint density at radius 2 is 1.92 bits per heavy atom. The van der Waals surface area contributed by atoms with Crippen LogP contribution in [0.3, 0.4) is 0 Å². The summed E-state index contributed by atoms with van der Waals surface area (Å²) in [5, 5.41) is 7.32. The van der Waals surface area contributed by atoms with Crippen LogP contribution in [0.25, 0.3) is 0 Å². The summed E-state index contributed by atoms with van der Waals surface area (Å²) >= 11 is 0. The fraction of sp³-hybridized carbons (Fsp3) is 0.619. The average molecular weight is 328 g/mol. The van der Waals surface area contributed by atoms with Gasteiger partial charge >= 0.3 is 0 Å². The van der Waals surface area contributed by atoms with Crippen molar-refractivity contribution < 1.29 is 6.22 Å². The molecule has 0 saturated heterocycles. The SMILES string of the molecule is CC#N.CCC1CC2(C(N)=O)CC1CC(CC)(c1ccccc1)C2.[HH]. The first-order chi connectivity index (χ1) is 11.5. The predicted octanol–water partition coefficient (Wildman–Crippen LogP) is 4.81. The van der Waals surface area contributed by atoms with Crippen molar-refractivity contribution >= 4 is 5.91 Å². The summed E-state index contributed by atoms with van der Waals surface area (Å²) in [6.45, 7) is 5.96. The van der Waals surface area contributed by atoms with Gasteiger partial charge in [0, 0.05) is 8.35 Å². The lowest BCUT2D eigenvalue weighted by molar-refractivity contribution is -0.130. The Morgan fingerprint density at radius 3 is 2.42 bits per heavy atom. The lowest BCUT2D eigenvalue weighted by atomic mass is 9.58. The minimum absolute atomic E-state index is 0. The highest BCUT2D eigenvalue weighted by atomic mass is 16.1. The topological polar surface area (TPSA) is 66.9 Å². The second-order valence-electron chi connectivity index (χ2n) is 7.59. The lowest BCUT2D eigenvalue weighted by Crippen LogP contribution is -2.45. The highest BCUT2D eigenvalue weighted by Crippen LogP contribution is 2.62. The maximum absolute atomic E-state index is 12.3. The molecule has 2 N–H and O–H groups in total. The molecule has 3 nitrogen and oxygen atoms in total. The van der Waals surface area contributed by atoms with Crippen LogP contribution in [0.15, 0.2) is 30.3 Å². The van der Waals surface area contributed by atoms with Gasteiger partial charge in [0.1, 0.15) is 0 Å². The summed E-state index contributed by atoms with van der Waals surface area (Å²) in [6.07, 6.45) is 6.48. The fourth-order valence-corrected chi connectivity index (χ4v) is 5.28. The van der Waals surface area contributed by atoms with Crippen LogP contribution in [0.1, 0.15) is 66.3 Å². The Hall–Kier alpha value is -1.82. The van der Waals surface area contributed by atoms with Crippen LogP contribution in [0.5, 0.6) is 0 Å². The van der Waals surface area contributed by atoms with E-state index in [1.54, 1.807) is 6.07 Å². The highest BCUT2D eigenvalue weighted by Gasteiger charge is 2.57. The first-order valence-electron chi connectivity index (χ1n) is 9.13. The minimum atomic E-state index is -0.255. The molecule has 4 atom stereocenters. The van der Waals surface area contributed by atoms with Gasteiger partial charge in [-0.05, 0) is 54.9 Å². The highest BCUT2D eigenvalue weighted by molar-refractivity contribution is 5.81. The molecule has 0 heterocycles. The van der Waals surface area contributed by atoms with Gasteiger partial charge in [-0.2, -0.15) is 5.26 Å². The molecule has 0 spiro atoms. The van der Waals surface area contributed by atoms with Gasteiger partial charge in [0.05, 0.1) is 11.5 Å². The quantitative estimate of drug-likeness (QED) is 0.861. The van der Waals surface area contributed by atoms with E-state index in [1.165, 1.54) is 25.3 Å². The van der Waals surface area contributed by atoms with Crippen molar-refractivity contribution in [1.29, 1.82) is 5.26 Å². The number of amides is 1. The molecule has 2 aliphatic rings. The molecule has 0 aliphatic heterocycles. The van der Waals surface area contributed by atoms with E-state index in [-0.39, 0.29) is 18.2 Å². The van der Waals surface area contributed by atoms with E-state index in [0.29, 0.717) is 11.8 Å². The molecule has 3 heteroatoms. The summed E-state index contributed by atoms with van der Waals surface area (Å²) in [7, 11) is 0. The second kappa shape index (κ2) is 7.38. The number of benzene rings is 1. The van der Waals surface area contributed by atoms with Gasteiger partial charge in [-0.3, -0.25) is 4.79 Å². The number of carbonyl (C=O) groups excluding carboxylic acids is 1. The summed E-state index contributed by atoms with van der Waals surface area (Å²) in [5.74, 6) is 1.28. The maximum Gasteiger partial charge on any atom is 0.223 e. The first kappa shape index (κ1) is 18.5. The van der Waals surface area contributed by atoms with E-state index in [0.717, 1.165) is 25.7 Å². The molecule has 1 aromatic carbocycles. The predicted molar refractivity (Wildman–Crippen MR) is 99.2 cm³/mol. The molecule has 1 aromatic rings. The molecular formula is C21H32N2O. The summed E-state index contributed by atoms with van der Waals surface area (Å²) in [5.41, 5.74) is 7.16. The number of nitriles is 1. The van der Waals surface area contributed by atoms with Gasteiger partial charge < -0.3 is 5.73 Å². The Labute approximate surface area is 147 Å². The Bertz CT molecular complexity index is 612. The van der Waals surface area contributed by atoms with Gasteiger partial charge in [-0.15, -0.1) is 0 Å². The van der Waals surface area contributed by atoms with Crippen molar-refractivity contribution in [3.8, 4) is 6.07 Å². The number of primary amides is 1. The zero-order chi connectivity index (χ0) is 17.8. The van der Waals surface area contributed by atoms with Crippen LogP contribution < -0.4 is 5.73 Å². The van der Waals surface area contributed by atoms with Crippen molar-refractivity contribution in [3.05, 3.63) is 35.9 Å². The third-order valence-electron chi connectivity index (χ3n) is 6.41. The van der Waals surface area contributed by atoms with E-state index in [4.69, 9.17) is 11.0 Å². The number of hydrogen-bond donors (Lipinski definition) is 1. The molecule has 132 valence electrons. The van der Waals surface area contributed by atoms with Crippen molar-refractivity contribution in [2.24, 2.45) is 23.0 Å². The molecule has 2 aliphatic carbocycles. The molecule has 1 amide bonds. The number of nitrogens with two attached hydrogens (primary N) is 1. The van der Waals surface area contributed by atoms with E-state index in [1.807, 2.05) is 0 Å². The summed E-state index contributed by atoms with van der Waals surface area (Å²) < 4.78 is 0. The van der Waals surface area contributed by atoms with Crippen molar-refractivity contribution in [2.75, 3.05) is 0 Å². The zero-order valence-electron chi connectivity index (χ0n) is 15.2. The standard InChI is InChI=1S/C19H27NO.C2H3N.H2/c1-3-14-10-19(17(20)21)12-15(14)11-18(4-2,13-19)16-8-6-5-7-9-16;1-2-3;/h5-9,14-15H,3-4,10-13H2,1-2H3,(H2,20,21);1H3;1H. The van der Waals surface area contributed by atoms with E-state index < -0.39 is 0 Å². The fourth-order valence-electron chi connectivity index (χ4n) is 5.28. The third-order valence-corrected chi connectivity index (χ3v) is 6.41. The van der Waals surface area contributed by atoms with E-state index >= 15 is 0 Å². The molecule has 0 aromatic heterocycles. The molecule has 2 saturated carbocycles. The number of rotatable bonds is 4. The van der Waals surface area contributed by atoms with Crippen LogP contribution in [0, 0.1) is 28.6 Å². The normalized spacial score (nSPS) is 33.9. The van der Waals surface area contributed by atoms with Gasteiger partial charge in [-0.1, -0.05) is 50.6 Å². The molecule has 24 heavy (non-hydrogen) atoms. The van der Waals surface area contributed by atoms with Crippen LogP contribution >= 0.6 is 0 Å². The van der Waals surface area contributed by atoms with Crippen LogP contribution in [0.2, 0.25) is 0 Å². The Kier molecular flexibility index (Phi) is 5.70. The van der Waals surface area contributed by atoms with E-state index in [2.05, 4.69) is 44.2 Å². The van der Waals surface area contributed by atoms with Gasteiger partial charge in [0.2, 0.25) is 5.91 Å². The minimum Gasteiger partial charge on any atom is -0.369 e. The second-order valence-corrected chi connectivity index (χ2v) is 7.59. The van der Waals surface area contributed by atoms with Gasteiger partial charge in [0.25, 0.3) is 0 Å². The van der Waals surface area contributed by atoms with Crippen molar-refractivity contribution in [3.63, 3.8) is 0 Å². The number of fused-ring (bicyclic) bond motifs is 2. The smallest absolute Gasteiger partial charge is 0.223 e. The Morgan fingerprint density at radius 1 is 1.29 bits per heavy atom. The number of hydrogen-bond acceptors (Lipinski definition) is 2. The largest absolute Gasteiger partial charge is 0.369 e. The monoisotopic (exact) mass is 328 g/mol. The van der Waals surface area contributed by atoms with Crippen LogP contribution in [-0.2, 0) is 10.2 Å². The maximum atomic E-state index is 12.3. The van der Waals surface area contributed by atoms with Crippen LogP contribution in [-0.4, -0.2) is 5.91 Å². The number of nitrogens with zero attached hydrogens (tertiary/aromatic N) is 1. The van der Waals surface area contributed by atoms with Gasteiger partial charge in [-0.25, -0.2) is 0 Å². The third kappa shape index (κ3) is 3.20. The summed E-state index contributed by atoms with van der Waals surface area (Å²) in [4.78, 5) is 12.3. The molecule has 2 fully saturated rings. The van der Waals surface area contributed by atoms with Gasteiger partial charge in [0.15, 0.2) is 0 Å². The Balaban J connectivity index is 0.000000730. The van der Waals surface area contributed by atoms with Crippen LogP contribution in [0.4, 0.5) is 0 Å². The molecule has 2 bridgehead atoms.